The van der Waals surface area contributed by atoms with Crippen molar-refractivity contribution in [1.29, 1.82) is 0 Å². The Bertz CT molecular complexity index is 402. The molecular weight excluding hydrogens is 256 g/mol. The molecule has 0 aliphatic carbocycles. The van der Waals surface area contributed by atoms with Crippen LogP contribution in [-0.4, -0.2) is 47.1 Å². The van der Waals surface area contributed by atoms with E-state index >= 15 is 0 Å². The number of carbonyl (C=O) groups is 2. The van der Waals surface area contributed by atoms with Gasteiger partial charge in [-0.15, -0.1) is 0 Å². The first kappa shape index (κ1) is 15.3. The number of piperidine rings is 1. The number of hydrogen-bond acceptors (Lipinski definition) is 3. The normalized spacial score (nSPS) is 31.4. The molecule has 2 unspecified atom stereocenters. The zero-order valence-electron chi connectivity index (χ0n) is 12.7. The number of nitrogens with zero attached hydrogens (tertiary/aromatic N) is 1. The Morgan fingerprint density at radius 3 is 2.60 bits per heavy atom. The fourth-order valence-electron chi connectivity index (χ4n) is 3.50. The number of amides is 1. The summed E-state index contributed by atoms with van der Waals surface area (Å²) in [6.45, 7) is 8.02. The van der Waals surface area contributed by atoms with Crippen LogP contribution in [0.4, 0.5) is 0 Å². The van der Waals surface area contributed by atoms with E-state index in [1.807, 2.05) is 13.8 Å². The fourth-order valence-corrected chi connectivity index (χ4v) is 3.50. The Hall–Kier alpha value is -1.10. The molecule has 2 aliphatic rings. The number of carboxylic acid groups (broad SMARTS) is 1. The van der Waals surface area contributed by atoms with E-state index in [0.717, 1.165) is 32.4 Å². The summed E-state index contributed by atoms with van der Waals surface area (Å²) in [5, 5.41) is 12.8. The summed E-state index contributed by atoms with van der Waals surface area (Å²) in [5.74, 6) is -0.614. The van der Waals surface area contributed by atoms with Crippen LogP contribution in [0.2, 0.25) is 0 Å². The van der Waals surface area contributed by atoms with E-state index in [4.69, 9.17) is 0 Å². The highest BCUT2D eigenvalue weighted by Gasteiger charge is 2.50. The molecule has 20 heavy (non-hydrogen) atoms. The van der Waals surface area contributed by atoms with Gasteiger partial charge in [0, 0.05) is 12.0 Å². The minimum atomic E-state index is -1.03. The van der Waals surface area contributed by atoms with Gasteiger partial charge in [0.25, 0.3) is 0 Å². The molecule has 0 aromatic rings. The molecule has 0 spiro atoms. The number of carboxylic acids is 1. The Balaban J connectivity index is 2.18. The van der Waals surface area contributed by atoms with Crippen LogP contribution in [0.25, 0.3) is 0 Å². The second-order valence-electron chi connectivity index (χ2n) is 6.90. The smallest absolute Gasteiger partial charge is 0.329 e. The van der Waals surface area contributed by atoms with Gasteiger partial charge in [0.2, 0.25) is 5.91 Å². The molecule has 2 fully saturated rings. The van der Waals surface area contributed by atoms with Crippen molar-refractivity contribution < 1.29 is 14.7 Å². The van der Waals surface area contributed by atoms with Crippen molar-refractivity contribution >= 4 is 11.9 Å². The lowest BCUT2D eigenvalue weighted by molar-refractivity contribution is -0.161. The van der Waals surface area contributed by atoms with Gasteiger partial charge in [-0.2, -0.15) is 0 Å². The standard InChI is InChI=1S/C15H26N2O3/c1-14(2,11-6-4-8-16-10-11)12(18)17-9-5-7-15(17,3)13(19)20/h11,16H,4-10H2,1-3H3,(H,19,20). The molecule has 2 saturated heterocycles. The molecule has 2 rings (SSSR count). The zero-order chi connectivity index (χ0) is 15.0. The summed E-state index contributed by atoms with van der Waals surface area (Å²) in [4.78, 5) is 26.1. The van der Waals surface area contributed by atoms with Crippen LogP contribution >= 0.6 is 0 Å². The molecule has 2 atom stereocenters. The van der Waals surface area contributed by atoms with Crippen LogP contribution in [0.3, 0.4) is 0 Å². The molecule has 0 saturated carbocycles. The number of hydrogen-bond donors (Lipinski definition) is 2. The van der Waals surface area contributed by atoms with Crippen molar-refractivity contribution in [2.45, 2.75) is 52.0 Å². The number of likely N-dealkylation sites (tertiary alicyclic amines) is 1. The van der Waals surface area contributed by atoms with Crippen LogP contribution in [0.5, 0.6) is 0 Å². The van der Waals surface area contributed by atoms with Gasteiger partial charge >= 0.3 is 5.97 Å². The van der Waals surface area contributed by atoms with E-state index in [-0.39, 0.29) is 11.8 Å². The minimum Gasteiger partial charge on any atom is -0.480 e. The van der Waals surface area contributed by atoms with Crippen LogP contribution in [0.15, 0.2) is 0 Å². The van der Waals surface area contributed by atoms with E-state index in [2.05, 4.69) is 5.32 Å². The van der Waals surface area contributed by atoms with Gasteiger partial charge in [-0.1, -0.05) is 13.8 Å². The molecule has 5 heteroatoms. The summed E-state index contributed by atoms with van der Waals surface area (Å²) in [6, 6.07) is 0. The number of carbonyl (C=O) groups excluding carboxylic acids is 1. The quantitative estimate of drug-likeness (QED) is 0.822. The Morgan fingerprint density at radius 2 is 2.05 bits per heavy atom. The second-order valence-corrected chi connectivity index (χ2v) is 6.90. The van der Waals surface area contributed by atoms with Gasteiger partial charge < -0.3 is 15.3 Å². The minimum absolute atomic E-state index is 0.00593. The molecule has 0 radical (unpaired) electrons. The molecule has 0 aromatic heterocycles. The van der Waals surface area contributed by atoms with Crippen molar-refractivity contribution in [1.82, 2.24) is 10.2 Å². The molecule has 0 aromatic carbocycles. The average molecular weight is 282 g/mol. The van der Waals surface area contributed by atoms with Crippen molar-refractivity contribution in [3.8, 4) is 0 Å². The summed E-state index contributed by atoms with van der Waals surface area (Å²) in [5.41, 5.74) is -1.54. The van der Waals surface area contributed by atoms with E-state index in [0.29, 0.717) is 13.0 Å². The average Bonchev–Trinajstić information content (AvgIpc) is 2.82. The summed E-state index contributed by atoms with van der Waals surface area (Å²) in [6.07, 6.45) is 3.43. The van der Waals surface area contributed by atoms with Crippen molar-refractivity contribution in [3.05, 3.63) is 0 Å². The first-order chi connectivity index (χ1) is 9.30. The van der Waals surface area contributed by atoms with Gasteiger partial charge in [0.15, 0.2) is 0 Å². The molecule has 0 bridgehead atoms. The van der Waals surface area contributed by atoms with Crippen LogP contribution < -0.4 is 5.32 Å². The van der Waals surface area contributed by atoms with Gasteiger partial charge in [-0.3, -0.25) is 4.79 Å². The Labute approximate surface area is 120 Å². The topological polar surface area (TPSA) is 69.6 Å². The third-order valence-corrected chi connectivity index (χ3v) is 5.22. The van der Waals surface area contributed by atoms with E-state index in [1.54, 1.807) is 11.8 Å². The van der Waals surface area contributed by atoms with E-state index in [1.165, 1.54) is 0 Å². The lowest BCUT2D eigenvalue weighted by Gasteiger charge is -2.42. The van der Waals surface area contributed by atoms with Crippen molar-refractivity contribution in [2.24, 2.45) is 11.3 Å². The van der Waals surface area contributed by atoms with Crippen molar-refractivity contribution in [2.75, 3.05) is 19.6 Å². The van der Waals surface area contributed by atoms with Crippen LogP contribution in [0, 0.1) is 11.3 Å². The SMILES string of the molecule is CC(C)(C(=O)N1CCCC1(C)C(=O)O)C1CCCNC1. The molecule has 2 heterocycles. The Kier molecular flexibility index (Phi) is 4.09. The van der Waals surface area contributed by atoms with Gasteiger partial charge in [-0.05, 0) is 51.6 Å². The predicted molar refractivity (Wildman–Crippen MR) is 76.4 cm³/mol. The predicted octanol–water partition coefficient (Wildman–Crippen LogP) is 1.48. The molecular formula is C15H26N2O3. The number of rotatable bonds is 3. The van der Waals surface area contributed by atoms with Gasteiger partial charge in [0.05, 0.1) is 0 Å². The number of aliphatic carboxylic acids is 1. The van der Waals surface area contributed by atoms with Gasteiger partial charge in [0.1, 0.15) is 5.54 Å². The highest BCUT2D eigenvalue weighted by atomic mass is 16.4. The molecule has 114 valence electrons. The lowest BCUT2D eigenvalue weighted by atomic mass is 9.73. The summed E-state index contributed by atoms with van der Waals surface area (Å²) in [7, 11) is 0. The van der Waals surface area contributed by atoms with Crippen LogP contribution in [-0.2, 0) is 9.59 Å². The molecule has 2 N–H and O–H groups in total. The van der Waals surface area contributed by atoms with E-state index < -0.39 is 16.9 Å². The van der Waals surface area contributed by atoms with Crippen LogP contribution in [0.1, 0.15) is 46.5 Å². The molecule has 1 amide bonds. The first-order valence-electron chi connectivity index (χ1n) is 7.56. The van der Waals surface area contributed by atoms with E-state index in [9.17, 15) is 14.7 Å². The highest BCUT2D eigenvalue weighted by Crippen LogP contribution is 2.39. The second kappa shape index (κ2) is 5.35. The zero-order valence-corrected chi connectivity index (χ0v) is 12.7. The third kappa shape index (κ3) is 2.43. The molecule has 5 nitrogen and oxygen atoms in total. The fraction of sp³-hybridized carbons (Fsp3) is 0.867. The maximum absolute atomic E-state index is 12.9. The summed E-state index contributed by atoms with van der Waals surface area (Å²) >= 11 is 0. The monoisotopic (exact) mass is 282 g/mol. The maximum atomic E-state index is 12.9. The lowest BCUT2D eigenvalue weighted by Crippen LogP contribution is -2.57. The highest BCUT2D eigenvalue weighted by molar-refractivity contribution is 5.90. The first-order valence-corrected chi connectivity index (χ1v) is 7.56. The Morgan fingerprint density at radius 1 is 1.35 bits per heavy atom. The summed E-state index contributed by atoms with van der Waals surface area (Å²) < 4.78 is 0. The third-order valence-electron chi connectivity index (χ3n) is 5.22. The van der Waals surface area contributed by atoms with Crippen molar-refractivity contribution in [3.63, 3.8) is 0 Å². The van der Waals surface area contributed by atoms with Gasteiger partial charge in [-0.25, -0.2) is 4.79 Å². The maximum Gasteiger partial charge on any atom is 0.329 e. The number of nitrogens with one attached hydrogen (secondary N) is 1. The molecule has 2 aliphatic heterocycles. The largest absolute Gasteiger partial charge is 0.480 e.